The van der Waals surface area contributed by atoms with Crippen molar-refractivity contribution >= 4 is 35.0 Å². The summed E-state index contributed by atoms with van der Waals surface area (Å²) in [6, 6.07) is 7.95. The maximum Gasteiger partial charge on any atom is 0.308 e. The smallest absolute Gasteiger partial charge is 0.308 e. The maximum atomic E-state index is 14.4. The summed E-state index contributed by atoms with van der Waals surface area (Å²) < 4.78 is 10.3. The second kappa shape index (κ2) is 21.3. The number of amides is 3. The van der Waals surface area contributed by atoms with Crippen LogP contribution in [0, 0.1) is 17.8 Å². The van der Waals surface area contributed by atoms with E-state index in [1.807, 2.05) is 65.1 Å². The van der Waals surface area contributed by atoms with Crippen molar-refractivity contribution in [1.82, 2.24) is 25.4 Å². The average molecular weight is 744 g/mol. The van der Waals surface area contributed by atoms with Gasteiger partial charge in [0.15, 0.2) is 0 Å². The molecule has 12 nitrogen and oxygen atoms in total. The molecule has 1 fully saturated rings. The van der Waals surface area contributed by atoms with Gasteiger partial charge in [-0.15, -0.1) is 11.3 Å². The lowest BCUT2D eigenvalue weighted by Gasteiger charge is -2.39. The monoisotopic (exact) mass is 743 g/mol. The number of benzene rings is 1. The number of ether oxygens (including phenoxy) is 2. The lowest BCUT2D eigenvalue weighted by molar-refractivity contribution is -0.145. The van der Waals surface area contributed by atoms with Crippen LogP contribution in [0.5, 0.6) is 0 Å². The Hall–Kier alpha value is -3.39. The fourth-order valence-corrected chi connectivity index (χ4v) is 7.65. The highest BCUT2D eigenvalue weighted by Gasteiger charge is 2.38. The summed E-state index contributed by atoms with van der Waals surface area (Å²) in [6.45, 7) is 11.2. The number of rotatable bonds is 20. The minimum Gasteiger partial charge on any atom is -0.469 e. The number of likely N-dealkylation sites (tertiary alicyclic amines) is 1. The van der Waals surface area contributed by atoms with Crippen LogP contribution in [0.15, 0.2) is 35.7 Å². The Labute approximate surface area is 314 Å². The number of aromatic nitrogens is 1. The summed E-state index contributed by atoms with van der Waals surface area (Å²) >= 11 is 1.18. The number of hydrogen-bond acceptors (Lipinski definition) is 10. The fraction of sp³-hybridized carbons (Fsp3) is 0.667. The zero-order chi connectivity index (χ0) is 38.4. The Bertz CT molecular complexity index is 1420. The zero-order valence-electron chi connectivity index (χ0n) is 32.3. The van der Waals surface area contributed by atoms with Gasteiger partial charge in [0.25, 0.3) is 5.91 Å². The molecular weight excluding hydrogens is 683 g/mol. The van der Waals surface area contributed by atoms with Crippen LogP contribution in [0.4, 0.5) is 0 Å². The van der Waals surface area contributed by atoms with Gasteiger partial charge in [-0.3, -0.25) is 24.1 Å². The standard InChI is InChI=1S/C39H61N5O7S/c1-9-26(4)34(42-36(47)31-17-13-14-18-43(31)6)38(48)44(19-20-50-7)32(25(2)3)23-33(45)37-41-30(24-52-37)35(46)40-29(21-27(5)39(49)51-8)22-28-15-11-10-12-16-28/h10-12,15-16,24-27,29,31-34,45H,9,13-14,17-23H2,1-8H3,(H,40,46)(H,42,47)/t26-,27-,29+,31?,32+,33+,34-/m0/s1. The van der Waals surface area contributed by atoms with Crippen LogP contribution in [-0.2, 0) is 30.3 Å². The third-order valence-electron chi connectivity index (χ3n) is 10.2. The van der Waals surface area contributed by atoms with Gasteiger partial charge in [0.1, 0.15) is 22.8 Å². The van der Waals surface area contributed by atoms with E-state index in [-0.39, 0.29) is 67.0 Å². The van der Waals surface area contributed by atoms with Crippen LogP contribution in [-0.4, -0.2) is 109 Å². The molecule has 13 heteroatoms. The molecule has 1 aliphatic rings. The molecule has 3 rings (SSSR count). The van der Waals surface area contributed by atoms with Gasteiger partial charge in [0.05, 0.1) is 25.7 Å². The molecule has 1 aliphatic heterocycles. The molecular formula is C39H61N5O7S. The van der Waals surface area contributed by atoms with Gasteiger partial charge in [0.2, 0.25) is 11.8 Å². The number of nitrogens with zero attached hydrogens (tertiary/aromatic N) is 3. The highest BCUT2D eigenvalue weighted by molar-refractivity contribution is 7.09. The molecule has 290 valence electrons. The van der Waals surface area contributed by atoms with Crippen molar-refractivity contribution in [3.63, 3.8) is 0 Å². The first-order valence-electron chi connectivity index (χ1n) is 18.7. The highest BCUT2D eigenvalue weighted by Crippen LogP contribution is 2.29. The van der Waals surface area contributed by atoms with E-state index in [2.05, 4.69) is 20.5 Å². The van der Waals surface area contributed by atoms with E-state index in [4.69, 9.17) is 9.47 Å². The molecule has 0 saturated carbocycles. The number of thiazole rings is 1. The minimum atomic E-state index is -1.05. The number of methoxy groups -OCH3 is 2. The first-order chi connectivity index (χ1) is 24.8. The van der Waals surface area contributed by atoms with Gasteiger partial charge in [-0.25, -0.2) is 4.98 Å². The van der Waals surface area contributed by atoms with Crippen molar-refractivity contribution in [2.24, 2.45) is 17.8 Å². The predicted octanol–water partition coefficient (Wildman–Crippen LogP) is 4.62. The Morgan fingerprint density at radius 3 is 2.38 bits per heavy atom. The molecule has 1 unspecified atom stereocenters. The van der Waals surface area contributed by atoms with Crippen LogP contribution in [0.1, 0.15) is 100 Å². The second-order valence-corrected chi connectivity index (χ2v) is 15.4. The topological polar surface area (TPSA) is 150 Å². The third-order valence-corrected chi connectivity index (χ3v) is 11.2. The molecule has 2 aromatic rings. The average Bonchev–Trinajstić information content (AvgIpc) is 3.64. The number of aliphatic hydroxyl groups is 1. The second-order valence-electron chi connectivity index (χ2n) is 14.5. The van der Waals surface area contributed by atoms with Gasteiger partial charge in [-0.1, -0.05) is 77.8 Å². The van der Waals surface area contributed by atoms with E-state index < -0.39 is 30.0 Å². The van der Waals surface area contributed by atoms with E-state index in [1.54, 1.807) is 24.3 Å². The van der Waals surface area contributed by atoms with E-state index in [0.717, 1.165) is 31.4 Å². The highest BCUT2D eigenvalue weighted by atomic mass is 32.1. The van der Waals surface area contributed by atoms with Crippen molar-refractivity contribution in [2.75, 3.05) is 41.0 Å². The number of aliphatic hydroxyl groups excluding tert-OH is 1. The van der Waals surface area contributed by atoms with E-state index in [0.29, 0.717) is 24.3 Å². The van der Waals surface area contributed by atoms with Gasteiger partial charge in [0, 0.05) is 37.5 Å². The molecule has 0 bridgehead atoms. The van der Waals surface area contributed by atoms with Crippen LogP contribution in [0.2, 0.25) is 0 Å². The largest absolute Gasteiger partial charge is 0.469 e. The van der Waals surface area contributed by atoms with Crippen LogP contribution < -0.4 is 10.6 Å². The lowest BCUT2D eigenvalue weighted by atomic mass is 9.92. The molecule has 52 heavy (non-hydrogen) atoms. The van der Waals surface area contributed by atoms with Crippen molar-refractivity contribution in [1.29, 1.82) is 0 Å². The van der Waals surface area contributed by atoms with E-state index >= 15 is 0 Å². The van der Waals surface area contributed by atoms with Gasteiger partial charge < -0.3 is 30.1 Å². The Balaban J connectivity index is 1.79. The number of carbonyl (C=O) groups is 4. The molecule has 1 saturated heterocycles. The number of esters is 1. The summed E-state index contributed by atoms with van der Waals surface area (Å²) in [5, 5.41) is 19.7. The molecule has 1 aromatic heterocycles. The summed E-state index contributed by atoms with van der Waals surface area (Å²) in [4.78, 5) is 62.0. The minimum absolute atomic E-state index is 0.0495. The first-order valence-corrected chi connectivity index (χ1v) is 19.5. The fourth-order valence-electron chi connectivity index (χ4n) is 6.86. The van der Waals surface area contributed by atoms with Gasteiger partial charge in [-0.05, 0) is 56.7 Å². The number of hydrogen-bond donors (Lipinski definition) is 3. The Morgan fingerprint density at radius 2 is 1.77 bits per heavy atom. The summed E-state index contributed by atoms with van der Waals surface area (Å²) in [5.41, 5.74) is 1.19. The molecule has 2 heterocycles. The molecule has 0 radical (unpaired) electrons. The molecule has 0 aliphatic carbocycles. The van der Waals surface area contributed by atoms with E-state index in [9.17, 15) is 24.3 Å². The molecule has 3 amide bonds. The molecule has 0 spiro atoms. The Morgan fingerprint density at radius 1 is 1.06 bits per heavy atom. The summed E-state index contributed by atoms with van der Waals surface area (Å²) in [5.74, 6) is -1.67. The SMILES string of the molecule is CC[C@H](C)[C@H](NC(=O)C1CCCCN1C)C(=O)N(CCOC)[C@H](C[C@@H](O)c1nc(C(=O)N[C@@H](Cc2ccccc2)C[C@H](C)C(=O)OC)cs1)C(C)C. The number of piperidine rings is 1. The zero-order valence-corrected chi connectivity index (χ0v) is 33.1. The number of nitrogens with one attached hydrogen (secondary N) is 2. The van der Waals surface area contributed by atoms with Gasteiger partial charge in [-0.2, -0.15) is 0 Å². The summed E-state index contributed by atoms with van der Waals surface area (Å²) in [7, 11) is 4.88. The molecule has 7 atom stereocenters. The number of carbonyl (C=O) groups excluding carboxylic acids is 4. The summed E-state index contributed by atoms with van der Waals surface area (Å²) in [6.07, 6.45) is 3.50. The van der Waals surface area contributed by atoms with Crippen LogP contribution in [0.25, 0.3) is 0 Å². The normalized spacial score (nSPS) is 18.5. The van der Waals surface area contributed by atoms with Crippen molar-refractivity contribution in [3.8, 4) is 0 Å². The quantitative estimate of drug-likeness (QED) is 0.165. The maximum absolute atomic E-state index is 14.4. The predicted molar refractivity (Wildman–Crippen MR) is 203 cm³/mol. The third kappa shape index (κ3) is 12.3. The molecule has 1 aromatic carbocycles. The van der Waals surface area contributed by atoms with Crippen molar-refractivity contribution in [2.45, 2.75) is 110 Å². The van der Waals surface area contributed by atoms with Crippen LogP contribution >= 0.6 is 11.3 Å². The molecule has 3 N–H and O–H groups in total. The Kier molecular flexibility index (Phi) is 17.7. The van der Waals surface area contributed by atoms with E-state index in [1.165, 1.54) is 18.4 Å². The first kappa shape index (κ1) is 43.0. The lowest BCUT2D eigenvalue weighted by Crippen LogP contribution is -2.59. The van der Waals surface area contributed by atoms with Crippen LogP contribution in [0.3, 0.4) is 0 Å². The van der Waals surface area contributed by atoms with Crippen molar-refractivity contribution in [3.05, 3.63) is 52.0 Å². The van der Waals surface area contributed by atoms with Gasteiger partial charge >= 0.3 is 5.97 Å². The van der Waals surface area contributed by atoms with Crippen molar-refractivity contribution < 1.29 is 33.8 Å². The number of likely N-dealkylation sites (N-methyl/N-ethyl adjacent to an activating group) is 1.